The van der Waals surface area contributed by atoms with E-state index in [1.54, 1.807) is 0 Å². The standard InChI is InChI=1S/C38H22N4O/c39-23-24-15-17-25(18-16-24)28-11-4-12-29(21-28)37-40-36(27-7-2-1-3-8-27)41-38(42-37)30-19-20-33-32(22-30)31-13-5-9-26-10-6-14-34(43-33)35(26)31/h1-22H. The van der Waals surface area contributed by atoms with E-state index in [2.05, 4.69) is 42.5 Å². The fourth-order valence-corrected chi connectivity index (χ4v) is 5.63. The van der Waals surface area contributed by atoms with E-state index in [0.717, 1.165) is 61.2 Å². The molecule has 0 fully saturated rings. The third-order valence-corrected chi connectivity index (χ3v) is 7.75. The van der Waals surface area contributed by atoms with Crippen molar-refractivity contribution in [3.63, 3.8) is 0 Å². The molecule has 0 amide bonds. The lowest BCUT2D eigenvalue weighted by Gasteiger charge is -2.21. The average molecular weight is 551 g/mol. The van der Waals surface area contributed by atoms with Gasteiger partial charge in [-0.2, -0.15) is 5.26 Å². The number of hydrogen-bond donors (Lipinski definition) is 0. The minimum absolute atomic E-state index is 0.584. The molecular formula is C38H22N4O. The molecule has 5 heteroatoms. The predicted octanol–water partition coefficient (Wildman–Crippen LogP) is 9.34. The molecule has 43 heavy (non-hydrogen) atoms. The molecule has 0 bridgehead atoms. The first-order chi connectivity index (χ1) is 21.2. The van der Waals surface area contributed by atoms with Crippen LogP contribution in [0.3, 0.4) is 0 Å². The van der Waals surface area contributed by atoms with Crippen LogP contribution in [0.25, 0.3) is 67.2 Å². The van der Waals surface area contributed by atoms with Gasteiger partial charge in [0.1, 0.15) is 11.5 Å². The van der Waals surface area contributed by atoms with E-state index in [0.29, 0.717) is 23.0 Å². The summed E-state index contributed by atoms with van der Waals surface area (Å²) in [6, 6.07) is 46.5. The van der Waals surface area contributed by atoms with Crippen molar-refractivity contribution in [3.8, 4) is 74.0 Å². The maximum absolute atomic E-state index is 9.20. The third-order valence-electron chi connectivity index (χ3n) is 7.75. The Bertz CT molecular complexity index is 2210. The zero-order chi connectivity index (χ0) is 28.8. The maximum Gasteiger partial charge on any atom is 0.164 e. The molecule has 1 aliphatic heterocycles. The minimum Gasteiger partial charge on any atom is -0.456 e. The molecule has 2 heterocycles. The fraction of sp³-hybridized carbons (Fsp3) is 0. The Hall–Kier alpha value is -6.12. The first-order valence-corrected chi connectivity index (χ1v) is 14.0. The lowest BCUT2D eigenvalue weighted by Crippen LogP contribution is -2.01. The second kappa shape index (κ2) is 10.1. The van der Waals surface area contributed by atoms with Crippen LogP contribution in [0, 0.1) is 11.3 Å². The van der Waals surface area contributed by atoms with E-state index >= 15 is 0 Å². The first-order valence-electron chi connectivity index (χ1n) is 14.0. The zero-order valence-corrected chi connectivity index (χ0v) is 22.9. The summed E-state index contributed by atoms with van der Waals surface area (Å²) in [6.07, 6.45) is 0. The van der Waals surface area contributed by atoms with Gasteiger partial charge in [0.2, 0.25) is 0 Å². The van der Waals surface area contributed by atoms with Gasteiger partial charge in [0.05, 0.1) is 11.6 Å². The smallest absolute Gasteiger partial charge is 0.164 e. The topological polar surface area (TPSA) is 71.7 Å². The Morgan fingerprint density at radius 3 is 1.86 bits per heavy atom. The number of aromatic nitrogens is 3. The van der Waals surface area contributed by atoms with Gasteiger partial charge in [-0.3, -0.25) is 0 Å². The number of ether oxygens (including phenoxy) is 1. The van der Waals surface area contributed by atoms with E-state index < -0.39 is 0 Å². The molecule has 200 valence electrons. The summed E-state index contributed by atoms with van der Waals surface area (Å²) in [7, 11) is 0. The van der Waals surface area contributed by atoms with Crippen molar-refractivity contribution in [2.75, 3.05) is 0 Å². The van der Waals surface area contributed by atoms with E-state index in [9.17, 15) is 5.26 Å². The summed E-state index contributed by atoms with van der Waals surface area (Å²) in [5, 5.41) is 11.4. The Balaban J connectivity index is 1.28. The van der Waals surface area contributed by atoms with Gasteiger partial charge in [0.25, 0.3) is 0 Å². The van der Waals surface area contributed by atoms with Crippen molar-refractivity contribution in [2.24, 2.45) is 0 Å². The van der Waals surface area contributed by atoms with Crippen LogP contribution in [0.5, 0.6) is 11.5 Å². The number of rotatable bonds is 4. The summed E-state index contributed by atoms with van der Waals surface area (Å²) in [6.45, 7) is 0. The van der Waals surface area contributed by atoms with Crippen LogP contribution in [0.2, 0.25) is 0 Å². The van der Waals surface area contributed by atoms with Crippen LogP contribution in [0.4, 0.5) is 0 Å². The van der Waals surface area contributed by atoms with Crippen molar-refractivity contribution in [3.05, 3.63) is 139 Å². The average Bonchev–Trinajstić information content (AvgIpc) is 3.09. The molecule has 7 aromatic rings. The normalized spacial score (nSPS) is 11.4. The highest BCUT2D eigenvalue weighted by molar-refractivity contribution is 6.04. The van der Waals surface area contributed by atoms with Crippen LogP contribution < -0.4 is 4.74 Å². The Labute approximate surface area is 248 Å². The van der Waals surface area contributed by atoms with Gasteiger partial charge in [-0.1, -0.05) is 91.0 Å². The molecule has 0 spiro atoms. The van der Waals surface area contributed by atoms with Crippen molar-refractivity contribution < 1.29 is 4.74 Å². The molecule has 0 saturated carbocycles. The SMILES string of the molecule is N#Cc1ccc(-c2cccc(-c3nc(-c4ccccc4)nc(-c4ccc5c(c4)-c4cccc6cccc(c46)O5)n3)c2)cc1. The Kier molecular flexibility index (Phi) is 5.77. The molecular weight excluding hydrogens is 528 g/mol. The second-order valence-electron chi connectivity index (χ2n) is 10.4. The summed E-state index contributed by atoms with van der Waals surface area (Å²) in [5.74, 6) is 3.44. The van der Waals surface area contributed by atoms with Crippen LogP contribution in [0.1, 0.15) is 5.56 Å². The van der Waals surface area contributed by atoms with E-state index in [-0.39, 0.29) is 0 Å². The van der Waals surface area contributed by atoms with Crippen LogP contribution in [-0.4, -0.2) is 15.0 Å². The predicted molar refractivity (Wildman–Crippen MR) is 169 cm³/mol. The van der Waals surface area contributed by atoms with Crippen molar-refractivity contribution in [1.82, 2.24) is 15.0 Å². The molecule has 5 nitrogen and oxygen atoms in total. The first kappa shape index (κ1) is 24.7. The van der Waals surface area contributed by atoms with E-state index in [1.807, 2.05) is 97.1 Å². The summed E-state index contributed by atoms with van der Waals surface area (Å²) >= 11 is 0. The largest absolute Gasteiger partial charge is 0.456 e. The lowest BCUT2D eigenvalue weighted by atomic mass is 9.93. The minimum atomic E-state index is 0.584. The molecule has 0 unspecified atom stereocenters. The van der Waals surface area contributed by atoms with Gasteiger partial charge in [-0.05, 0) is 64.5 Å². The van der Waals surface area contributed by atoms with Crippen LogP contribution in [0.15, 0.2) is 133 Å². The fourth-order valence-electron chi connectivity index (χ4n) is 5.63. The van der Waals surface area contributed by atoms with Crippen molar-refractivity contribution in [1.29, 1.82) is 5.26 Å². The van der Waals surface area contributed by atoms with Gasteiger partial charge in [0, 0.05) is 27.6 Å². The molecule has 6 aromatic carbocycles. The lowest BCUT2D eigenvalue weighted by molar-refractivity contribution is 0.487. The van der Waals surface area contributed by atoms with Gasteiger partial charge in [-0.25, -0.2) is 15.0 Å². The number of fused-ring (bicyclic) bond motifs is 2. The molecule has 0 radical (unpaired) electrons. The van der Waals surface area contributed by atoms with E-state index in [1.165, 1.54) is 0 Å². The Morgan fingerprint density at radius 2 is 1.09 bits per heavy atom. The molecule has 0 N–H and O–H groups in total. The number of nitriles is 1. The second-order valence-corrected chi connectivity index (χ2v) is 10.4. The summed E-state index contributed by atoms with van der Waals surface area (Å²) in [4.78, 5) is 14.9. The summed E-state index contributed by atoms with van der Waals surface area (Å²) in [5.41, 5.74) is 7.47. The quantitative estimate of drug-likeness (QED) is 0.218. The Morgan fingerprint density at radius 1 is 0.465 bits per heavy atom. The molecule has 0 saturated heterocycles. The molecule has 1 aliphatic rings. The highest BCUT2D eigenvalue weighted by atomic mass is 16.5. The number of nitrogens with zero attached hydrogens (tertiary/aromatic N) is 4. The zero-order valence-electron chi connectivity index (χ0n) is 22.9. The van der Waals surface area contributed by atoms with Crippen molar-refractivity contribution >= 4 is 10.8 Å². The van der Waals surface area contributed by atoms with E-state index in [4.69, 9.17) is 19.7 Å². The van der Waals surface area contributed by atoms with Gasteiger partial charge in [-0.15, -0.1) is 0 Å². The molecule has 0 aliphatic carbocycles. The third kappa shape index (κ3) is 4.39. The van der Waals surface area contributed by atoms with Gasteiger partial charge >= 0.3 is 0 Å². The maximum atomic E-state index is 9.20. The number of hydrogen-bond acceptors (Lipinski definition) is 5. The number of benzene rings is 6. The highest BCUT2D eigenvalue weighted by Crippen LogP contribution is 2.47. The highest BCUT2D eigenvalue weighted by Gasteiger charge is 2.21. The van der Waals surface area contributed by atoms with Crippen LogP contribution >= 0.6 is 0 Å². The monoisotopic (exact) mass is 550 g/mol. The molecule has 0 atom stereocenters. The van der Waals surface area contributed by atoms with Crippen LogP contribution in [-0.2, 0) is 0 Å². The molecule has 8 rings (SSSR count). The van der Waals surface area contributed by atoms with Crippen molar-refractivity contribution in [2.45, 2.75) is 0 Å². The molecule has 1 aromatic heterocycles. The van der Waals surface area contributed by atoms with Gasteiger partial charge < -0.3 is 4.74 Å². The summed E-state index contributed by atoms with van der Waals surface area (Å²) < 4.78 is 6.33. The van der Waals surface area contributed by atoms with Gasteiger partial charge in [0.15, 0.2) is 17.5 Å².